The number of methoxy groups -OCH3 is 1. The molecule has 2 atom stereocenters. The number of nitrogens with one attached hydrogen (secondary N) is 1. The average Bonchev–Trinajstić information content (AvgIpc) is 3.55. The third-order valence-corrected chi connectivity index (χ3v) is 6.41. The molecule has 7 heteroatoms. The minimum atomic E-state index is -0.366. The molecule has 34 heavy (non-hydrogen) atoms. The summed E-state index contributed by atoms with van der Waals surface area (Å²) in [6.07, 6.45) is 0. The molecule has 7 nitrogen and oxygen atoms in total. The van der Waals surface area contributed by atoms with Crippen molar-refractivity contribution in [3.8, 4) is 17.2 Å². The zero-order valence-electron chi connectivity index (χ0n) is 18.9. The molecule has 2 heterocycles. The summed E-state index contributed by atoms with van der Waals surface area (Å²) in [6.45, 7) is 1.41. The van der Waals surface area contributed by atoms with Crippen LogP contribution in [0.4, 0.5) is 0 Å². The summed E-state index contributed by atoms with van der Waals surface area (Å²) in [6, 6.07) is 22.5. The molecule has 2 amide bonds. The van der Waals surface area contributed by atoms with Crippen LogP contribution < -0.4 is 19.5 Å². The quantitative estimate of drug-likeness (QED) is 0.611. The van der Waals surface area contributed by atoms with Crippen molar-refractivity contribution in [3.05, 3.63) is 89.5 Å². The number of rotatable bonds is 6. The van der Waals surface area contributed by atoms with Gasteiger partial charge in [0.1, 0.15) is 5.75 Å². The van der Waals surface area contributed by atoms with Gasteiger partial charge in [0, 0.05) is 31.1 Å². The largest absolute Gasteiger partial charge is 0.497 e. The molecule has 2 aliphatic rings. The summed E-state index contributed by atoms with van der Waals surface area (Å²) in [7, 11) is 1.62. The van der Waals surface area contributed by atoms with Gasteiger partial charge in [-0.15, -0.1) is 0 Å². The van der Waals surface area contributed by atoms with Gasteiger partial charge in [-0.2, -0.15) is 0 Å². The van der Waals surface area contributed by atoms with Gasteiger partial charge in [-0.25, -0.2) is 0 Å². The zero-order valence-corrected chi connectivity index (χ0v) is 18.9. The van der Waals surface area contributed by atoms with Crippen LogP contribution in [0.5, 0.6) is 17.2 Å². The summed E-state index contributed by atoms with van der Waals surface area (Å²) in [5.74, 6) is 1.52. The van der Waals surface area contributed by atoms with E-state index in [0.29, 0.717) is 36.7 Å². The Kier molecular flexibility index (Phi) is 6.08. The molecule has 1 N–H and O–H groups in total. The van der Waals surface area contributed by atoms with Crippen molar-refractivity contribution in [2.45, 2.75) is 12.5 Å². The minimum absolute atomic E-state index is 0.0646. The lowest BCUT2D eigenvalue weighted by molar-refractivity contribution is -0.125. The Morgan fingerprint density at radius 2 is 1.74 bits per heavy atom. The summed E-state index contributed by atoms with van der Waals surface area (Å²) in [5, 5.41) is 3.06. The number of nitrogens with zero attached hydrogens (tertiary/aromatic N) is 1. The van der Waals surface area contributed by atoms with Gasteiger partial charge >= 0.3 is 0 Å². The molecule has 3 aromatic carbocycles. The van der Waals surface area contributed by atoms with Gasteiger partial charge < -0.3 is 24.4 Å². The van der Waals surface area contributed by atoms with E-state index in [4.69, 9.17) is 14.2 Å². The fourth-order valence-corrected chi connectivity index (χ4v) is 4.56. The molecule has 5 rings (SSSR count). The third kappa shape index (κ3) is 4.41. The maximum absolute atomic E-state index is 13.3. The van der Waals surface area contributed by atoms with Crippen LogP contribution in [0.3, 0.4) is 0 Å². The summed E-state index contributed by atoms with van der Waals surface area (Å²) < 4.78 is 16.1. The molecule has 0 aromatic heterocycles. The fourth-order valence-electron chi connectivity index (χ4n) is 4.56. The SMILES string of the molecule is COc1ccc(C2CN(C(=O)c3ccccc3)CC2C(=O)NCc2ccc3c(c2)OCO3)cc1. The first kappa shape index (κ1) is 21.8. The highest BCUT2D eigenvalue weighted by atomic mass is 16.7. The number of hydrogen-bond acceptors (Lipinski definition) is 5. The van der Waals surface area contributed by atoms with E-state index in [-0.39, 0.29) is 30.4 Å². The molecule has 3 aromatic rings. The zero-order chi connectivity index (χ0) is 23.5. The van der Waals surface area contributed by atoms with Gasteiger partial charge in [0.2, 0.25) is 12.7 Å². The Morgan fingerprint density at radius 1 is 0.971 bits per heavy atom. The lowest BCUT2D eigenvalue weighted by Crippen LogP contribution is -2.35. The van der Waals surface area contributed by atoms with Crippen molar-refractivity contribution >= 4 is 11.8 Å². The predicted octanol–water partition coefficient (Wildman–Crippen LogP) is 3.60. The van der Waals surface area contributed by atoms with E-state index >= 15 is 0 Å². The maximum Gasteiger partial charge on any atom is 0.253 e. The molecule has 1 saturated heterocycles. The second-order valence-corrected chi connectivity index (χ2v) is 8.47. The van der Waals surface area contributed by atoms with Crippen molar-refractivity contribution in [1.29, 1.82) is 0 Å². The standard InChI is InChI=1S/C27H26N2O5/c1-32-21-10-8-19(9-11-21)22-15-29(27(31)20-5-3-2-4-6-20)16-23(22)26(30)28-14-18-7-12-24-25(13-18)34-17-33-24/h2-13,22-23H,14-17H2,1H3,(H,28,30). The number of hydrogen-bond donors (Lipinski definition) is 1. The van der Waals surface area contributed by atoms with Gasteiger partial charge in [-0.05, 0) is 47.5 Å². The predicted molar refractivity (Wildman–Crippen MR) is 126 cm³/mol. The molecule has 174 valence electrons. The van der Waals surface area contributed by atoms with Crippen molar-refractivity contribution in [3.63, 3.8) is 0 Å². The molecule has 0 bridgehead atoms. The number of carbonyl (C=O) groups excluding carboxylic acids is 2. The number of likely N-dealkylation sites (tertiary alicyclic amines) is 1. The monoisotopic (exact) mass is 458 g/mol. The smallest absolute Gasteiger partial charge is 0.253 e. The third-order valence-electron chi connectivity index (χ3n) is 6.41. The van der Waals surface area contributed by atoms with Crippen LogP contribution in [0.15, 0.2) is 72.8 Å². The second kappa shape index (κ2) is 9.47. The first-order valence-corrected chi connectivity index (χ1v) is 11.3. The molecule has 0 spiro atoms. The normalized spacial score (nSPS) is 18.6. The topological polar surface area (TPSA) is 77.1 Å². The van der Waals surface area contributed by atoms with E-state index in [1.807, 2.05) is 60.7 Å². The first-order chi connectivity index (χ1) is 16.6. The van der Waals surface area contributed by atoms with Crippen LogP contribution in [-0.2, 0) is 11.3 Å². The lowest BCUT2D eigenvalue weighted by Gasteiger charge is -2.18. The van der Waals surface area contributed by atoms with Crippen LogP contribution in [0, 0.1) is 5.92 Å². The average molecular weight is 459 g/mol. The van der Waals surface area contributed by atoms with Gasteiger partial charge in [-0.3, -0.25) is 9.59 Å². The van der Waals surface area contributed by atoms with E-state index in [2.05, 4.69) is 5.32 Å². The highest BCUT2D eigenvalue weighted by Crippen LogP contribution is 2.35. The van der Waals surface area contributed by atoms with Gasteiger partial charge in [0.25, 0.3) is 5.91 Å². The van der Waals surface area contributed by atoms with E-state index in [1.165, 1.54) is 0 Å². The summed E-state index contributed by atoms with van der Waals surface area (Å²) >= 11 is 0. The van der Waals surface area contributed by atoms with E-state index in [1.54, 1.807) is 24.1 Å². The van der Waals surface area contributed by atoms with Gasteiger partial charge in [0.15, 0.2) is 11.5 Å². The van der Waals surface area contributed by atoms with E-state index in [0.717, 1.165) is 16.9 Å². The Balaban J connectivity index is 1.34. The summed E-state index contributed by atoms with van der Waals surface area (Å²) in [4.78, 5) is 28.2. The van der Waals surface area contributed by atoms with Crippen molar-refractivity contribution in [1.82, 2.24) is 10.2 Å². The lowest BCUT2D eigenvalue weighted by atomic mass is 9.88. The number of carbonyl (C=O) groups is 2. The van der Waals surface area contributed by atoms with E-state index < -0.39 is 0 Å². The molecular formula is C27H26N2O5. The molecule has 0 saturated carbocycles. The molecule has 1 fully saturated rings. The fraction of sp³-hybridized carbons (Fsp3) is 0.259. The van der Waals surface area contributed by atoms with Crippen LogP contribution in [0.25, 0.3) is 0 Å². The number of fused-ring (bicyclic) bond motifs is 1. The highest BCUT2D eigenvalue weighted by Gasteiger charge is 2.40. The molecule has 0 radical (unpaired) electrons. The first-order valence-electron chi connectivity index (χ1n) is 11.3. The number of ether oxygens (including phenoxy) is 3. The molecule has 0 aliphatic carbocycles. The highest BCUT2D eigenvalue weighted by molar-refractivity contribution is 5.95. The van der Waals surface area contributed by atoms with Crippen molar-refractivity contribution in [2.24, 2.45) is 5.92 Å². The number of amides is 2. The minimum Gasteiger partial charge on any atom is -0.497 e. The van der Waals surface area contributed by atoms with Crippen LogP contribution in [-0.4, -0.2) is 43.7 Å². The molecule has 2 unspecified atom stereocenters. The van der Waals surface area contributed by atoms with Crippen LogP contribution in [0.1, 0.15) is 27.4 Å². The Bertz CT molecular complexity index is 1180. The Labute approximate surface area is 198 Å². The number of benzene rings is 3. The van der Waals surface area contributed by atoms with Crippen molar-refractivity contribution in [2.75, 3.05) is 27.0 Å². The maximum atomic E-state index is 13.3. The van der Waals surface area contributed by atoms with Gasteiger partial charge in [0.05, 0.1) is 13.0 Å². The van der Waals surface area contributed by atoms with Crippen LogP contribution >= 0.6 is 0 Å². The van der Waals surface area contributed by atoms with Crippen molar-refractivity contribution < 1.29 is 23.8 Å². The van der Waals surface area contributed by atoms with Crippen LogP contribution in [0.2, 0.25) is 0 Å². The Morgan fingerprint density at radius 3 is 2.50 bits per heavy atom. The van der Waals surface area contributed by atoms with Gasteiger partial charge in [-0.1, -0.05) is 36.4 Å². The molecular weight excluding hydrogens is 432 g/mol. The molecule has 2 aliphatic heterocycles. The second-order valence-electron chi connectivity index (χ2n) is 8.47. The summed E-state index contributed by atoms with van der Waals surface area (Å²) in [5.41, 5.74) is 2.55. The Hall–Kier alpha value is -4.00. The van der Waals surface area contributed by atoms with E-state index in [9.17, 15) is 9.59 Å².